The maximum atomic E-state index is 12.5. The second-order valence-electron chi connectivity index (χ2n) is 5.21. The largest absolute Gasteiger partial charge is 0.480 e. The van der Waals surface area contributed by atoms with E-state index in [4.69, 9.17) is 17.3 Å². The fourth-order valence-electron chi connectivity index (χ4n) is 2.03. The molecule has 2 rings (SSSR count). The number of benzene rings is 1. The molecule has 6 nitrogen and oxygen atoms in total. The van der Waals surface area contributed by atoms with Gasteiger partial charge in [0, 0.05) is 0 Å². The molecule has 1 saturated heterocycles. The molecule has 0 radical (unpaired) electrons. The Bertz CT molecular complexity index is 718. The van der Waals surface area contributed by atoms with Crippen LogP contribution in [0, 0.1) is 0 Å². The second kappa shape index (κ2) is 7.59. The summed E-state index contributed by atoms with van der Waals surface area (Å²) in [5.41, 5.74) is 0.856. The zero-order valence-corrected chi connectivity index (χ0v) is 14.7. The summed E-state index contributed by atoms with van der Waals surface area (Å²) in [5.74, 6) is -2.08. The van der Waals surface area contributed by atoms with E-state index >= 15 is 0 Å². The maximum Gasteiger partial charge on any atom is 0.325 e. The van der Waals surface area contributed by atoms with E-state index in [0.29, 0.717) is 4.91 Å². The quantitative estimate of drug-likeness (QED) is 0.613. The van der Waals surface area contributed by atoms with E-state index in [1.807, 2.05) is 30.3 Å². The van der Waals surface area contributed by atoms with Crippen LogP contribution in [0.4, 0.5) is 0 Å². The Morgan fingerprint density at radius 2 is 1.92 bits per heavy atom. The minimum atomic E-state index is -1.15. The van der Waals surface area contributed by atoms with Gasteiger partial charge in [0.25, 0.3) is 5.91 Å². The molecule has 2 amide bonds. The number of carboxylic acid groups (broad SMARTS) is 1. The highest BCUT2D eigenvalue weighted by Gasteiger charge is 2.38. The van der Waals surface area contributed by atoms with Gasteiger partial charge < -0.3 is 10.4 Å². The first-order valence-corrected chi connectivity index (χ1v) is 8.39. The fourth-order valence-corrected chi connectivity index (χ4v) is 3.45. The molecule has 1 aromatic carbocycles. The van der Waals surface area contributed by atoms with Crippen molar-refractivity contribution < 1.29 is 19.5 Å². The van der Waals surface area contributed by atoms with Gasteiger partial charge in [0.1, 0.15) is 16.4 Å². The van der Waals surface area contributed by atoms with Crippen LogP contribution in [-0.4, -0.2) is 44.2 Å². The van der Waals surface area contributed by atoms with Crippen LogP contribution in [0.15, 0.2) is 35.2 Å². The third kappa shape index (κ3) is 4.01. The van der Waals surface area contributed by atoms with E-state index in [-0.39, 0.29) is 10.2 Å². The SMILES string of the molecule is CC(NC(=O)C(C)N1C(=O)/C(=C/c2ccccc2)SC1=S)C(=O)O. The molecule has 0 saturated carbocycles. The number of thiocarbonyl (C=S) groups is 1. The molecule has 1 aliphatic heterocycles. The van der Waals surface area contributed by atoms with E-state index in [1.54, 1.807) is 6.08 Å². The number of nitrogens with one attached hydrogen (secondary N) is 1. The van der Waals surface area contributed by atoms with Crippen LogP contribution in [0.3, 0.4) is 0 Å². The number of nitrogens with zero attached hydrogens (tertiary/aromatic N) is 1. The number of carbonyl (C=O) groups excluding carboxylic acids is 2. The number of aliphatic carboxylic acids is 1. The van der Waals surface area contributed by atoms with Crippen molar-refractivity contribution in [2.45, 2.75) is 25.9 Å². The van der Waals surface area contributed by atoms with Gasteiger partial charge in [-0.15, -0.1) is 0 Å². The summed E-state index contributed by atoms with van der Waals surface area (Å²) in [6.45, 7) is 2.87. The van der Waals surface area contributed by atoms with Crippen molar-refractivity contribution in [3.63, 3.8) is 0 Å². The summed E-state index contributed by atoms with van der Waals surface area (Å²) >= 11 is 6.32. The molecule has 2 atom stereocenters. The molecule has 1 aliphatic rings. The van der Waals surface area contributed by atoms with Gasteiger partial charge in [-0.2, -0.15) is 0 Å². The molecule has 2 unspecified atom stereocenters. The predicted octanol–water partition coefficient (Wildman–Crippen LogP) is 1.87. The van der Waals surface area contributed by atoms with Gasteiger partial charge in [-0.1, -0.05) is 54.3 Å². The standard InChI is InChI=1S/C16H16N2O4S2/c1-9(15(21)22)17-13(19)10(2)18-14(20)12(24-16(18)23)8-11-6-4-3-5-7-11/h3-10H,1-2H3,(H,17,19)(H,21,22)/b12-8-. The monoisotopic (exact) mass is 364 g/mol. The van der Waals surface area contributed by atoms with Crippen molar-refractivity contribution >= 4 is 52.2 Å². The van der Waals surface area contributed by atoms with Gasteiger partial charge in [0.15, 0.2) is 0 Å². The molecule has 0 bridgehead atoms. The molecule has 0 aliphatic carbocycles. The first-order valence-electron chi connectivity index (χ1n) is 7.16. The lowest BCUT2D eigenvalue weighted by atomic mass is 10.2. The third-order valence-corrected chi connectivity index (χ3v) is 4.75. The molecule has 1 heterocycles. The molecule has 2 N–H and O–H groups in total. The van der Waals surface area contributed by atoms with Gasteiger partial charge >= 0.3 is 5.97 Å². The number of rotatable bonds is 5. The van der Waals surface area contributed by atoms with Crippen LogP contribution in [0.25, 0.3) is 6.08 Å². The Kier molecular flexibility index (Phi) is 5.74. The first kappa shape index (κ1) is 18.2. The number of carbonyl (C=O) groups is 3. The van der Waals surface area contributed by atoms with Crippen molar-refractivity contribution in [1.82, 2.24) is 10.2 Å². The highest BCUT2D eigenvalue weighted by atomic mass is 32.2. The Hall–Kier alpha value is -2.19. The highest BCUT2D eigenvalue weighted by molar-refractivity contribution is 8.26. The topological polar surface area (TPSA) is 86.7 Å². The minimum Gasteiger partial charge on any atom is -0.480 e. The fraction of sp³-hybridized carbons (Fsp3) is 0.250. The predicted molar refractivity (Wildman–Crippen MR) is 96.2 cm³/mol. The average molecular weight is 364 g/mol. The average Bonchev–Trinajstić information content (AvgIpc) is 2.81. The van der Waals surface area contributed by atoms with Crippen LogP contribution in [0.2, 0.25) is 0 Å². The Morgan fingerprint density at radius 3 is 2.50 bits per heavy atom. The van der Waals surface area contributed by atoms with Crippen LogP contribution in [-0.2, 0) is 14.4 Å². The van der Waals surface area contributed by atoms with Gasteiger partial charge in [-0.25, -0.2) is 0 Å². The van der Waals surface area contributed by atoms with E-state index in [1.165, 1.54) is 18.7 Å². The summed E-state index contributed by atoms with van der Waals surface area (Å²) in [4.78, 5) is 37.1. The van der Waals surface area contributed by atoms with Gasteiger partial charge in [-0.3, -0.25) is 19.3 Å². The van der Waals surface area contributed by atoms with Gasteiger partial charge in [0.05, 0.1) is 4.91 Å². The van der Waals surface area contributed by atoms with E-state index < -0.39 is 24.0 Å². The van der Waals surface area contributed by atoms with Crippen LogP contribution >= 0.6 is 24.0 Å². The zero-order valence-electron chi connectivity index (χ0n) is 13.1. The lowest BCUT2D eigenvalue weighted by molar-refractivity contribution is -0.142. The van der Waals surface area contributed by atoms with Crippen molar-refractivity contribution in [3.05, 3.63) is 40.8 Å². The number of hydrogen-bond donors (Lipinski definition) is 2. The molecule has 1 aromatic rings. The van der Waals surface area contributed by atoms with E-state index in [2.05, 4.69) is 5.32 Å². The van der Waals surface area contributed by atoms with Crippen molar-refractivity contribution in [2.75, 3.05) is 0 Å². The Labute approximate surface area is 148 Å². The summed E-state index contributed by atoms with van der Waals surface area (Å²) in [5, 5.41) is 11.2. The number of thioether (sulfide) groups is 1. The minimum absolute atomic E-state index is 0.271. The van der Waals surface area contributed by atoms with Crippen LogP contribution < -0.4 is 5.32 Å². The molecular formula is C16H16N2O4S2. The van der Waals surface area contributed by atoms with Crippen molar-refractivity contribution in [2.24, 2.45) is 0 Å². The normalized spacial score (nSPS) is 18.6. The molecule has 126 valence electrons. The maximum absolute atomic E-state index is 12.5. The lowest BCUT2D eigenvalue weighted by Crippen LogP contribution is -2.50. The molecular weight excluding hydrogens is 348 g/mol. The molecule has 0 aromatic heterocycles. The van der Waals surface area contributed by atoms with E-state index in [9.17, 15) is 14.4 Å². The number of hydrogen-bond acceptors (Lipinski definition) is 5. The molecule has 1 fully saturated rings. The van der Waals surface area contributed by atoms with Crippen LogP contribution in [0.5, 0.6) is 0 Å². The zero-order chi connectivity index (χ0) is 17.9. The van der Waals surface area contributed by atoms with Crippen LogP contribution in [0.1, 0.15) is 19.4 Å². The third-order valence-electron chi connectivity index (χ3n) is 3.42. The van der Waals surface area contributed by atoms with E-state index in [0.717, 1.165) is 17.3 Å². The smallest absolute Gasteiger partial charge is 0.325 e. The lowest BCUT2D eigenvalue weighted by Gasteiger charge is -2.23. The molecule has 0 spiro atoms. The molecule has 24 heavy (non-hydrogen) atoms. The summed E-state index contributed by atoms with van der Waals surface area (Å²) in [7, 11) is 0. The van der Waals surface area contributed by atoms with Gasteiger partial charge in [0.2, 0.25) is 5.91 Å². The van der Waals surface area contributed by atoms with Crippen molar-refractivity contribution in [3.8, 4) is 0 Å². The molecule has 8 heteroatoms. The highest BCUT2D eigenvalue weighted by Crippen LogP contribution is 2.33. The number of carboxylic acids is 1. The second-order valence-corrected chi connectivity index (χ2v) is 6.88. The van der Waals surface area contributed by atoms with Gasteiger partial charge in [-0.05, 0) is 25.5 Å². The first-order chi connectivity index (χ1) is 11.3. The summed E-state index contributed by atoms with van der Waals surface area (Å²) in [6.07, 6.45) is 1.71. The Morgan fingerprint density at radius 1 is 1.29 bits per heavy atom. The van der Waals surface area contributed by atoms with Crippen molar-refractivity contribution in [1.29, 1.82) is 0 Å². The number of amides is 2. The Balaban J connectivity index is 2.15. The summed E-state index contributed by atoms with van der Waals surface area (Å²) in [6, 6.07) is 7.37. The summed E-state index contributed by atoms with van der Waals surface area (Å²) < 4.78 is 0.271.